The van der Waals surface area contributed by atoms with Crippen molar-refractivity contribution in [2.75, 3.05) is 6.61 Å². The Morgan fingerprint density at radius 3 is 2.57 bits per heavy atom. The highest BCUT2D eigenvalue weighted by molar-refractivity contribution is 6.08. The summed E-state index contributed by atoms with van der Waals surface area (Å²) in [5.41, 5.74) is 2.96. The van der Waals surface area contributed by atoms with Crippen LogP contribution in [0.15, 0.2) is 48.5 Å². The Labute approximate surface area is 122 Å². The molecule has 0 unspecified atom stereocenters. The molecule has 0 amide bonds. The smallest absolute Gasteiger partial charge is 0.355 e. The fourth-order valence-electron chi connectivity index (χ4n) is 2.43. The fraction of sp³-hybridized carbons (Fsp3) is 0.118. The highest BCUT2D eigenvalue weighted by atomic mass is 16.5. The van der Waals surface area contributed by atoms with Crippen molar-refractivity contribution in [1.29, 1.82) is 0 Å². The van der Waals surface area contributed by atoms with Crippen molar-refractivity contribution in [3.63, 3.8) is 0 Å². The van der Waals surface area contributed by atoms with Crippen molar-refractivity contribution in [3.8, 4) is 16.9 Å². The summed E-state index contributed by atoms with van der Waals surface area (Å²) in [7, 11) is 0. The van der Waals surface area contributed by atoms with E-state index in [2.05, 4.69) is 4.98 Å². The number of phenols is 1. The number of ether oxygens (including phenoxy) is 1. The van der Waals surface area contributed by atoms with Crippen LogP contribution in [0.1, 0.15) is 17.4 Å². The molecule has 0 aliphatic rings. The standard InChI is InChI=1S/C17H15NO3/c1-2-21-17(20)16-15(11-7-9-12(19)10-8-11)13-5-3-4-6-14(13)18-16/h3-10,18-19H,2H2,1H3. The number of carbonyl (C=O) groups excluding carboxylic acids is 1. The van der Waals surface area contributed by atoms with Gasteiger partial charge in [-0.3, -0.25) is 0 Å². The Morgan fingerprint density at radius 1 is 1.14 bits per heavy atom. The van der Waals surface area contributed by atoms with Crippen LogP contribution >= 0.6 is 0 Å². The van der Waals surface area contributed by atoms with Crippen LogP contribution in [-0.2, 0) is 4.74 Å². The van der Waals surface area contributed by atoms with E-state index in [-0.39, 0.29) is 11.7 Å². The number of aromatic nitrogens is 1. The predicted octanol–water partition coefficient (Wildman–Crippen LogP) is 3.72. The third-order valence-electron chi connectivity index (χ3n) is 3.34. The first-order chi connectivity index (χ1) is 10.2. The van der Waals surface area contributed by atoms with E-state index >= 15 is 0 Å². The van der Waals surface area contributed by atoms with Crippen molar-refractivity contribution in [2.24, 2.45) is 0 Å². The van der Waals surface area contributed by atoms with Crippen LogP contribution < -0.4 is 0 Å². The Morgan fingerprint density at radius 2 is 1.86 bits per heavy atom. The van der Waals surface area contributed by atoms with Crippen LogP contribution in [-0.4, -0.2) is 22.7 Å². The molecule has 0 fully saturated rings. The predicted molar refractivity (Wildman–Crippen MR) is 81.4 cm³/mol. The third kappa shape index (κ3) is 2.36. The van der Waals surface area contributed by atoms with Gasteiger partial charge >= 0.3 is 5.97 Å². The normalized spacial score (nSPS) is 10.7. The monoisotopic (exact) mass is 281 g/mol. The van der Waals surface area contributed by atoms with Gasteiger partial charge in [0.25, 0.3) is 0 Å². The maximum absolute atomic E-state index is 12.2. The molecule has 3 aromatic rings. The van der Waals surface area contributed by atoms with E-state index in [4.69, 9.17) is 4.74 Å². The lowest BCUT2D eigenvalue weighted by Crippen LogP contribution is -2.06. The van der Waals surface area contributed by atoms with E-state index in [1.807, 2.05) is 24.3 Å². The second-order valence-electron chi connectivity index (χ2n) is 4.69. The average Bonchev–Trinajstić information content (AvgIpc) is 2.88. The minimum absolute atomic E-state index is 0.191. The summed E-state index contributed by atoms with van der Waals surface area (Å²) in [6.07, 6.45) is 0. The molecule has 0 bridgehead atoms. The first-order valence-corrected chi connectivity index (χ1v) is 6.78. The molecule has 0 radical (unpaired) electrons. The molecule has 0 saturated carbocycles. The number of esters is 1. The van der Waals surface area contributed by atoms with Gasteiger partial charge in [0.1, 0.15) is 11.4 Å². The SMILES string of the molecule is CCOC(=O)c1[nH]c2ccccc2c1-c1ccc(O)cc1. The van der Waals surface area contributed by atoms with Crippen molar-refractivity contribution in [2.45, 2.75) is 6.92 Å². The van der Waals surface area contributed by atoms with Crippen molar-refractivity contribution >= 4 is 16.9 Å². The van der Waals surface area contributed by atoms with E-state index in [1.54, 1.807) is 31.2 Å². The minimum Gasteiger partial charge on any atom is -0.508 e. The van der Waals surface area contributed by atoms with Crippen LogP contribution in [0.2, 0.25) is 0 Å². The second-order valence-corrected chi connectivity index (χ2v) is 4.69. The summed E-state index contributed by atoms with van der Waals surface area (Å²) >= 11 is 0. The number of aromatic amines is 1. The van der Waals surface area contributed by atoms with Crippen molar-refractivity contribution < 1.29 is 14.6 Å². The highest BCUT2D eigenvalue weighted by Crippen LogP contribution is 2.33. The van der Waals surface area contributed by atoms with Crippen LogP contribution in [0.25, 0.3) is 22.0 Å². The van der Waals surface area contributed by atoms with Crippen LogP contribution in [0.5, 0.6) is 5.75 Å². The summed E-state index contributed by atoms with van der Waals surface area (Å²) in [4.78, 5) is 15.3. The summed E-state index contributed by atoms with van der Waals surface area (Å²) in [6, 6.07) is 14.5. The number of benzene rings is 2. The molecule has 1 aromatic heterocycles. The van der Waals surface area contributed by atoms with Gasteiger partial charge in [-0.05, 0) is 30.7 Å². The quantitative estimate of drug-likeness (QED) is 0.719. The Hall–Kier alpha value is -2.75. The van der Waals surface area contributed by atoms with Gasteiger partial charge in [-0.15, -0.1) is 0 Å². The van der Waals surface area contributed by atoms with E-state index in [1.165, 1.54) is 0 Å². The molecule has 0 aliphatic carbocycles. The zero-order valence-electron chi connectivity index (χ0n) is 11.6. The van der Waals surface area contributed by atoms with Crippen molar-refractivity contribution in [3.05, 3.63) is 54.2 Å². The molecular formula is C17H15NO3. The summed E-state index contributed by atoms with van der Waals surface area (Å²) in [6.45, 7) is 2.10. The van der Waals surface area contributed by atoms with Gasteiger partial charge in [0.2, 0.25) is 0 Å². The molecule has 2 aromatic carbocycles. The molecule has 106 valence electrons. The molecule has 0 atom stereocenters. The van der Waals surface area contributed by atoms with Gasteiger partial charge in [0, 0.05) is 16.5 Å². The van der Waals surface area contributed by atoms with Gasteiger partial charge in [0.05, 0.1) is 6.61 Å². The maximum Gasteiger partial charge on any atom is 0.355 e. The number of hydrogen-bond donors (Lipinski definition) is 2. The highest BCUT2D eigenvalue weighted by Gasteiger charge is 2.19. The Bertz CT molecular complexity index is 787. The average molecular weight is 281 g/mol. The zero-order valence-corrected chi connectivity index (χ0v) is 11.6. The molecule has 3 rings (SSSR count). The third-order valence-corrected chi connectivity index (χ3v) is 3.34. The molecule has 1 heterocycles. The Balaban J connectivity index is 2.24. The van der Waals surface area contributed by atoms with Crippen molar-refractivity contribution in [1.82, 2.24) is 4.98 Å². The number of aromatic hydroxyl groups is 1. The van der Waals surface area contributed by atoms with Gasteiger partial charge in [-0.1, -0.05) is 30.3 Å². The molecule has 2 N–H and O–H groups in total. The molecule has 0 spiro atoms. The molecule has 21 heavy (non-hydrogen) atoms. The molecule has 4 nitrogen and oxygen atoms in total. The number of phenolic OH excluding ortho intramolecular Hbond substituents is 1. The number of nitrogens with one attached hydrogen (secondary N) is 1. The topological polar surface area (TPSA) is 62.3 Å². The molecular weight excluding hydrogens is 266 g/mol. The number of H-pyrrole nitrogens is 1. The van der Waals surface area contributed by atoms with Gasteiger partial charge < -0.3 is 14.8 Å². The molecule has 0 aliphatic heterocycles. The lowest BCUT2D eigenvalue weighted by Gasteiger charge is -2.05. The fourth-order valence-corrected chi connectivity index (χ4v) is 2.43. The van der Waals surface area contributed by atoms with Gasteiger partial charge in [-0.2, -0.15) is 0 Å². The first-order valence-electron chi connectivity index (χ1n) is 6.78. The van der Waals surface area contributed by atoms with E-state index in [0.29, 0.717) is 12.3 Å². The van der Waals surface area contributed by atoms with Crippen LogP contribution in [0.4, 0.5) is 0 Å². The number of hydrogen-bond acceptors (Lipinski definition) is 3. The van der Waals surface area contributed by atoms with E-state index < -0.39 is 0 Å². The zero-order chi connectivity index (χ0) is 14.8. The summed E-state index contributed by atoms with van der Waals surface area (Å²) in [5, 5.41) is 10.4. The van der Waals surface area contributed by atoms with Gasteiger partial charge in [0.15, 0.2) is 0 Å². The lowest BCUT2D eigenvalue weighted by atomic mass is 10.0. The molecule has 0 saturated heterocycles. The van der Waals surface area contributed by atoms with Gasteiger partial charge in [-0.25, -0.2) is 4.79 Å². The minimum atomic E-state index is -0.378. The van der Waals surface area contributed by atoms with Crippen LogP contribution in [0.3, 0.4) is 0 Å². The lowest BCUT2D eigenvalue weighted by molar-refractivity contribution is 0.0521. The summed E-state index contributed by atoms with van der Waals surface area (Å²) < 4.78 is 5.12. The van der Waals surface area contributed by atoms with E-state index in [0.717, 1.165) is 22.0 Å². The molecule has 4 heteroatoms. The first kappa shape index (κ1) is 13.2. The number of carbonyl (C=O) groups is 1. The number of fused-ring (bicyclic) bond motifs is 1. The Kier molecular flexibility index (Phi) is 3.36. The summed E-state index contributed by atoms with van der Waals surface area (Å²) in [5.74, 6) is -0.187. The number of para-hydroxylation sites is 1. The van der Waals surface area contributed by atoms with Crippen LogP contribution in [0, 0.1) is 0 Å². The maximum atomic E-state index is 12.2. The second kappa shape index (κ2) is 5.32. The largest absolute Gasteiger partial charge is 0.508 e. The number of rotatable bonds is 3. The van der Waals surface area contributed by atoms with E-state index in [9.17, 15) is 9.90 Å².